The molecule has 0 saturated carbocycles. The number of carboxylic acids is 2. The van der Waals surface area contributed by atoms with E-state index in [0.717, 1.165) is 0 Å². The standard InChI is InChI=1S/C7H9NO4/c8-4-5(7(11)12)2-1-3-6(9)10/h5H,1-3H2,(H,9,10)(H,11,12). The molecule has 0 aliphatic heterocycles. The van der Waals surface area contributed by atoms with Crippen molar-refractivity contribution in [2.45, 2.75) is 19.3 Å². The molecule has 5 heteroatoms. The van der Waals surface area contributed by atoms with Crippen LogP contribution in [-0.2, 0) is 9.59 Å². The van der Waals surface area contributed by atoms with E-state index in [1.54, 1.807) is 6.07 Å². The molecule has 0 aromatic rings. The molecule has 0 amide bonds. The highest BCUT2D eigenvalue weighted by molar-refractivity contribution is 5.73. The van der Waals surface area contributed by atoms with Gasteiger partial charge >= 0.3 is 11.9 Å². The highest BCUT2D eigenvalue weighted by Crippen LogP contribution is 2.07. The fourth-order valence-corrected chi connectivity index (χ4v) is 0.701. The third-order valence-electron chi connectivity index (χ3n) is 1.34. The molecule has 0 radical (unpaired) electrons. The summed E-state index contributed by atoms with van der Waals surface area (Å²) in [5.74, 6) is -3.25. The highest BCUT2D eigenvalue weighted by atomic mass is 16.4. The van der Waals surface area contributed by atoms with Crippen molar-refractivity contribution in [3.8, 4) is 6.07 Å². The Kier molecular flexibility index (Phi) is 4.46. The third kappa shape index (κ3) is 4.28. The van der Waals surface area contributed by atoms with Gasteiger partial charge in [-0.25, -0.2) is 0 Å². The SMILES string of the molecule is N#CC(CCCC(=O)O)C(=O)O. The lowest BCUT2D eigenvalue weighted by molar-refractivity contribution is -0.141. The molecule has 5 nitrogen and oxygen atoms in total. The van der Waals surface area contributed by atoms with E-state index >= 15 is 0 Å². The van der Waals surface area contributed by atoms with Gasteiger partial charge in [0.25, 0.3) is 0 Å². The number of hydrogen-bond acceptors (Lipinski definition) is 3. The minimum absolute atomic E-state index is 0.0918. The van der Waals surface area contributed by atoms with Crippen LogP contribution in [0.15, 0.2) is 0 Å². The Morgan fingerprint density at radius 2 is 2.00 bits per heavy atom. The number of aliphatic carboxylic acids is 2. The Bertz CT molecular complexity index is 218. The van der Waals surface area contributed by atoms with Crippen molar-refractivity contribution < 1.29 is 19.8 Å². The van der Waals surface area contributed by atoms with Crippen molar-refractivity contribution in [1.82, 2.24) is 0 Å². The van der Waals surface area contributed by atoms with E-state index in [0.29, 0.717) is 0 Å². The van der Waals surface area contributed by atoms with Crippen molar-refractivity contribution in [2.24, 2.45) is 5.92 Å². The third-order valence-corrected chi connectivity index (χ3v) is 1.34. The van der Waals surface area contributed by atoms with Crippen LogP contribution in [0.3, 0.4) is 0 Å². The van der Waals surface area contributed by atoms with Crippen LogP contribution in [0.5, 0.6) is 0 Å². The van der Waals surface area contributed by atoms with Crippen LogP contribution < -0.4 is 0 Å². The van der Waals surface area contributed by atoms with Gasteiger partial charge in [-0.15, -0.1) is 0 Å². The van der Waals surface area contributed by atoms with Crippen LogP contribution in [0.4, 0.5) is 0 Å². The second kappa shape index (κ2) is 5.13. The van der Waals surface area contributed by atoms with Crippen LogP contribution in [0.25, 0.3) is 0 Å². The smallest absolute Gasteiger partial charge is 0.320 e. The van der Waals surface area contributed by atoms with Crippen molar-refractivity contribution in [1.29, 1.82) is 5.26 Å². The fraction of sp³-hybridized carbons (Fsp3) is 0.571. The van der Waals surface area contributed by atoms with Crippen molar-refractivity contribution >= 4 is 11.9 Å². The molecule has 0 bridgehead atoms. The average molecular weight is 171 g/mol. The van der Waals surface area contributed by atoms with Crippen molar-refractivity contribution in [2.75, 3.05) is 0 Å². The molecular formula is C7H9NO4. The molecule has 12 heavy (non-hydrogen) atoms. The topological polar surface area (TPSA) is 98.4 Å². The maximum atomic E-state index is 10.2. The highest BCUT2D eigenvalue weighted by Gasteiger charge is 2.15. The Hall–Kier alpha value is -1.57. The summed E-state index contributed by atoms with van der Waals surface area (Å²) in [6.45, 7) is 0. The van der Waals surface area contributed by atoms with Gasteiger partial charge in [-0.2, -0.15) is 5.26 Å². The molecule has 0 spiro atoms. The minimum Gasteiger partial charge on any atom is -0.481 e. The lowest BCUT2D eigenvalue weighted by Crippen LogP contribution is -2.11. The normalized spacial score (nSPS) is 11.6. The van der Waals surface area contributed by atoms with Crippen LogP contribution in [0.2, 0.25) is 0 Å². The Morgan fingerprint density at radius 3 is 2.33 bits per heavy atom. The molecule has 2 N–H and O–H groups in total. The Morgan fingerprint density at radius 1 is 1.42 bits per heavy atom. The van der Waals surface area contributed by atoms with E-state index < -0.39 is 17.9 Å². The van der Waals surface area contributed by atoms with Crippen molar-refractivity contribution in [3.05, 3.63) is 0 Å². The number of carboxylic acid groups (broad SMARTS) is 2. The number of nitriles is 1. The molecule has 66 valence electrons. The van der Waals surface area contributed by atoms with E-state index in [1.807, 2.05) is 0 Å². The monoisotopic (exact) mass is 171 g/mol. The van der Waals surface area contributed by atoms with Gasteiger partial charge in [0.1, 0.15) is 5.92 Å². The zero-order valence-electron chi connectivity index (χ0n) is 6.36. The lowest BCUT2D eigenvalue weighted by atomic mass is 10.0. The molecule has 0 aromatic heterocycles. The van der Waals surface area contributed by atoms with E-state index in [2.05, 4.69) is 0 Å². The minimum atomic E-state index is -1.19. The fourth-order valence-electron chi connectivity index (χ4n) is 0.701. The Balaban J connectivity index is 3.68. The summed E-state index contributed by atoms with van der Waals surface area (Å²) < 4.78 is 0. The van der Waals surface area contributed by atoms with Gasteiger partial charge < -0.3 is 10.2 Å². The first-order chi connectivity index (χ1) is 5.57. The number of carbonyl (C=O) groups is 2. The van der Waals surface area contributed by atoms with Crippen molar-refractivity contribution in [3.63, 3.8) is 0 Å². The van der Waals surface area contributed by atoms with Crippen LogP contribution in [0, 0.1) is 17.2 Å². The Labute approximate surface area is 69.2 Å². The summed E-state index contributed by atoms with van der Waals surface area (Å²) in [6.07, 6.45) is 0.226. The zero-order valence-corrected chi connectivity index (χ0v) is 6.36. The molecule has 1 atom stereocenters. The summed E-state index contributed by atoms with van der Waals surface area (Å²) in [5.41, 5.74) is 0. The summed E-state index contributed by atoms with van der Waals surface area (Å²) in [4.78, 5) is 20.2. The second-order valence-electron chi connectivity index (χ2n) is 2.31. The molecule has 0 aliphatic rings. The average Bonchev–Trinajstić information content (AvgIpc) is 1.96. The molecule has 0 saturated heterocycles. The predicted octanol–water partition coefficient (Wildman–Crippen LogP) is 0.466. The first kappa shape index (κ1) is 10.4. The predicted molar refractivity (Wildman–Crippen MR) is 38.2 cm³/mol. The maximum Gasteiger partial charge on any atom is 0.320 e. The van der Waals surface area contributed by atoms with E-state index in [9.17, 15) is 9.59 Å². The molecule has 0 rings (SSSR count). The summed E-state index contributed by atoms with van der Waals surface area (Å²) in [5, 5.41) is 24.9. The van der Waals surface area contributed by atoms with Gasteiger partial charge in [0.2, 0.25) is 0 Å². The zero-order chi connectivity index (χ0) is 9.56. The van der Waals surface area contributed by atoms with E-state index in [1.165, 1.54) is 0 Å². The van der Waals surface area contributed by atoms with Gasteiger partial charge in [-0.1, -0.05) is 0 Å². The molecule has 0 aliphatic carbocycles. The first-order valence-electron chi connectivity index (χ1n) is 3.42. The molecule has 0 aromatic carbocycles. The van der Waals surface area contributed by atoms with Crippen LogP contribution >= 0.6 is 0 Å². The summed E-state index contributed by atoms with van der Waals surface area (Å²) in [7, 11) is 0. The quantitative estimate of drug-likeness (QED) is 0.626. The van der Waals surface area contributed by atoms with Crippen LogP contribution in [0.1, 0.15) is 19.3 Å². The van der Waals surface area contributed by atoms with Gasteiger partial charge in [0, 0.05) is 6.42 Å². The second-order valence-corrected chi connectivity index (χ2v) is 2.31. The number of nitrogens with zero attached hydrogens (tertiary/aromatic N) is 1. The first-order valence-corrected chi connectivity index (χ1v) is 3.42. The van der Waals surface area contributed by atoms with E-state index in [-0.39, 0.29) is 19.3 Å². The largest absolute Gasteiger partial charge is 0.481 e. The van der Waals surface area contributed by atoms with Gasteiger partial charge in [0.05, 0.1) is 6.07 Å². The molecule has 1 unspecified atom stereocenters. The summed E-state index contributed by atoms with van der Waals surface area (Å²) in [6, 6.07) is 1.58. The summed E-state index contributed by atoms with van der Waals surface area (Å²) >= 11 is 0. The lowest BCUT2D eigenvalue weighted by Gasteiger charge is -2.00. The number of hydrogen-bond donors (Lipinski definition) is 2. The van der Waals surface area contributed by atoms with Crippen LogP contribution in [-0.4, -0.2) is 22.2 Å². The molecular weight excluding hydrogens is 162 g/mol. The molecule has 0 heterocycles. The van der Waals surface area contributed by atoms with Gasteiger partial charge in [-0.05, 0) is 12.8 Å². The maximum absolute atomic E-state index is 10.2. The molecule has 0 fully saturated rings. The van der Waals surface area contributed by atoms with E-state index in [4.69, 9.17) is 15.5 Å². The van der Waals surface area contributed by atoms with Gasteiger partial charge in [0.15, 0.2) is 0 Å². The number of rotatable bonds is 5. The van der Waals surface area contributed by atoms with Gasteiger partial charge in [-0.3, -0.25) is 9.59 Å².